The zero-order chi connectivity index (χ0) is 14.4. The molecule has 1 aromatic carbocycles. The molecule has 0 aliphatic carbocycles. The normalized spacial score (nSPS) is 10.4. The van der Waals surface area contributed by atoms with E-state index < -0.39 is 10.0 Å². The molecule has 1 aromatic heterocycles. The van der Waals surface area contributed by atoms with Gasteiger partial charge < -0.3 is 5.11 Å². The second kappa shape index (κ2) is 6.10. The van der Waals surface area contributed by atoms with Crippen molar-refractivity contribution in [3.63, 3.8) is 0 Å². The van der Waals surface area contributed by atoms with E-state index in [4.69, 9.17) is 5.11 Å². The lowest BCUT2D eigenvalue weighted by atomic mass is 10.2. The van der Waals surface area contributed by atoms with Crippen molar-refractivity contribution >= 4 is 16.0 Å². The molecule has 0 saturated heterocycles. The van der Waals surface area contributed by atoms with Crippen molar-refractivity contribution in [2.24, 2.45) is 0 Å². The van der Waals surface area contributed by atoms with Crippen molar-refractivity contribution in [2.75, 3.05) is 11.3 Å². The summed E-state index contributed by atoms with van der Waals surface area (Å²) in [4.78, 5) is 3.76. The molecule has 0 saturated carbocycles. The van der Waals surface area contributed by atoms with Gasteiger partial charge in [-0.25, -0.2) is 18.1 Å². The number of anilines is 1. The van der Waals surface area contributed by atoms with Crippen LogP contribution in [0.5, 0.6) is 0 Å². The Bertz CT molecular complexity index is 751. The summed E-state index contributed by atoms with van der Waals surface area (Å²) in [5, 5.41) is 15.7. The van der Waals surface area contributed by atoms with Gasteiger partial charge in [-0.15, -0.1) is 5.10 Å². The van der Waals surface area contributed by atoms with E-state index in [9.17, 15) is 8.42 Å². The maximum atomic E-state index is 12.1. The molecule has 1 heterocycles. The zero-order valence-electron chi connectivity index (χ0n) is 10.2. The fraction of sp³-hybridized carbons (Fsp3) is 0.0833. The second-order valence-electron chi connectivity index (χ2n) is 3.56. The van der Waals surface area contributed by atoms with E-state index in [1.807, 2.05) is 0 Å². The molecule has 0 aliphatic heterocycles. The summed E-state index contributed by atoms with van der Waals surface area (Å²) < 4.78 is 26.4. The topological polar surface area (TPSA) is 105 Å². The largest absolute Gasteiger partial charge is 0.384 e. The highest BCUT2D eigenvalue weighted by atomic mass is 32.2. The number of hydrogen-bond donors (Lipinski definition) is 2. The monoisotopic (exact) mass is 290 g/mol. The smallest absolute Gasteiger partial charge is 0.264 e. The van der Waals surface area contributed by atoms with E-state index in [-0.39, 0.29) is 17.5 Å². The lowest BCUT2D eigenvalue weighted by Crippen LogP contribution is -2.15. The van der Waals surface area contributed by atoms with E-state index in [2.05, 4.69) is 31.7 Å². The number of aliphatic hydroxyl groups excluding tert-OH is 1. The first-order valence-corrected chi connectivity index (χ1v) is 6.96. The van der Waals surface area contributed by atoms with Gasteiger partial charge in [0.1, 0.15) is 6.61 Å². The summed E-state index contributed by atoms with van der Waals surface area (Å²) >= 11 is 0. The lowest BCUT2D eigenvalue weighted by molar-refractivity contribution is 0.350. The standard InChI is InChI=1S/C12H10N4O3S/c17-8-2-4-10-3-1-5-11(9-10)20(18,19)16-12-13-6-7-14-15-12/h1,3,5-7,9,17H,8H2,(H,13,15,16). The zero-order valence-corrected chi connectivity index (χ0v) is 11.0. The molecule has 0 aliphatic rings. The Hall–Kier alpha value is -2.50. The van der Waals surface area contributed by atoms with Crippen LogP contribution in [0.15, 0.2) is 41.6 Å². The Morgan fingerprint density at radius 2 is 2.15 bits per heavy atom. The molecule has 0 amide bonds. The van der Waals surface area contributed by atoms with Crippen molar-refractivity contribution < 1.29 is 13.5 Å². The van der Waals surface area contributed by atoms with E-state index >= 15 is 0 Å². The van der Waals surface area contributed by atoms with Gasteiger partial charge in [-0.2, -0.15) is 5.10 Å². The van der Waals surface area contributed by atoms with Crippen LogP contribution in [0.1, 0.15) is 5.56 Å². The first kappa shape index (κ1) is 13.9. The van der Waals surface area contributed by atoms with Crippen LogP contribution < -0.4 is 4.72 Å². The summed E-state index contributed by atoms with van der Waals surface area (Å²) in [7, 11) is -3.81. The Kier molecular flexibility index (Phi) is 4.24. The van der Waals surface area contributed by atoms with Gasteiger partial charge in [-0.3, -0.25) is 0 Å². The molecule has 2 aromatic rings. The number of rotatable bonds is 3. The quantitative estimate of drug-likeness (QED) is 0.772. The molecule has 2 N–H and O–H groups in total. The number of aromatic nitrogens is 3. The van der Waals surface area contributed by atoms with E-state index in [1.54, 1.807) is 12.1 Å². The molecule has 8 heteroatoms. The molecule has 2 rings (SSSR count). The third-order valence-corrected chi connectivity index (χ3v) is 3.49. The van der Waals surface area contributed by atoms with Crippen molar-refractivity contribution in [1.82, 2.24) is 15.2 Å². The number of aliphatic hydroxyl groups is 1. The highest BCUT2D eigenvalue weighted by Gasteiger charge is 2.15. The van der Waals surface area contributed by atoms with Gasteiger partial charge in [0.25, 0.3) is 16.0 Å². The Morgan fingerprint density at radius 1 is 1.30 bits per heavy atom. The van der Waals surface area contributed by atoms with Gasteiger partial charge in [0.05, 0.1) is 17.3 Å². The number of benzene rings is 1. The molecule has 0 spiro atoms. The summed E-state index contributed by atoms with van der Waals surface area (Å²) in [5.41, 5.74) is 0.481. The average molecular weight is 290 g/mol. The van der Waals surface area contributed by atoms with E-state index in [0.29, 0.717) is 5.56 Å². The minimum Gasteiger partial charge on any atom is -0.384 e. The van der Waals surface area contributed by atoms with Crippen LogP contribution in [0.25, 0.3) is 0 Å². The molecular weight excluding hydrogens is 280 g/mol. The van der Waals surface area contributed by atoms with Gasteiger partial charge in [0.15, 0.2) is 0 Å². The predicted molar refractivity (Wildman–Crippen MR) is 71.0 cm³/mol. The van der Waals surface area contributed by atoms with Crippen LogP contribution in [0.2, 0.25) is 0 Å². The molecular formula is C12H10N4O3S. The molecule has 0 atom stereocenters. The van der Waals surface area contributed by atoms with Gasteiger partial charge in [-0.05, 0) is 18.2 Å². The van der Waals surface area contributed by atoms with Crippen LogP contribution in [-0.4, -0.2) is 35.3 Å². The van der Waals surface area contributed by atoms with E-state index in [0.717, 1.165) is 0 Å². The highest BCUT2D eigenvalue weighted by molar-refractivity contribution is 7.92. The Labute approximate surface area is 115 Å². The first-order chi connectivity index (χ1) is 9.62. The Balaban J connectivity index is 2.30. The third-order valence-electron chi connectivity index (χ3n) is 2.16. The minimum absolute atomic E-state index is 0.0229. The van der Waals surface area contributed by atoms with Gasteiger partial charge in [-0.1, -0.05) is 17.9 Å². The van der Waals surface area contributed by atoms with Crippen molar-refractivity contribution in [3.8, 4) is 11.8 Å². The molecule has 7 nitrogen and oxygen atoms in total. The number of sulfonamides is 1. The van der Waals surface area contributed by atoms with Crippen LogP contribution in [-0.2, 0) is 10.0 Å². The molecule has 102 valence electrons. The average Bonchev–Trinajstić information content (AvgIpc) is 2.46. The number of nitrogens with zero attached hydrogens (tertiary/aromatic N) is 3. The third kappa shape index (κ3) is 3.50. The summed E-state index contributed by atoms with van der Waals surface area (Å²) in [6, 6.07) is 6.01. The first-order valence-electron chi connectivity index (χ1n) is 5.48. The van der Waals surface area contributed by atoms with Gasteiger partial charge >= 0.3 is 0 Å². The fourth-order valence-corrected chi connectivity index (χ4v) is 2.35. The second-order valence-corrected chi connectivity index (χ2v) is 5.24. The highest BCUT2D eigenvalue weighted by Crippen LogP contribution is 2.13. The van der Waals surface area contributed by atoms with Crippen molar-refractivity contribution in [2.45, 2.75) is 4.90 Å². The van der Waals surface area contributed by atoms with Crippen LogP contribution >= 0.6 is 0 Å². The van der Waals surface area contributed by atoms with Crippen LogP contribution in [0.3, 0.4) is 0 Å². The summed E-state index contributed by atoms with van der Waals surface area (Å²) in [6.45, 7) is -0.293. The molecule has 0 bridgehead atoms. The molecule has 0 fully saturated rings. The van der Waals surface area contributed by atoms with Crippen molar-refractivity contribution in [1.29, 1.82) is 0 Å². The minimum atomic E-state index is -3.81. The fourth-order valence-electron chi connectivity index (χ4n) is 1.36. The van der Waals surface area contributed by atoms with Crippen LogP contribution in [0, 0.1) is 11.8 Å². The Morgan fingerprint density at radius 3 is 2.85 bits per heavy atom. The van der Waals surface area contributed by atoms with Gasteiger partial charge in [0.2, 0.25) is 0 Å². The summed E-state index contributed by atoms with van der Waals surface area (Å²) in [6.07, 6.45) is 2.66. The van der Waals surface area contributed by atoms with Gasteiger partial charge in [0, 0.05) is 5.56 Å². The number of hydrogen-bond acceptors (Lipinski definition) is 6. The maximum absolute atomic E-state index is 12.1. The maximum Gasteiger partial charge on any atom is 0.264 e. The van der Waals surface area contributed by atoms with Crippen molar-refractivity contribution in [3.05, 3.63) is 42.2 Å². The predicted octanol–water partition coefficient (Wildman–Crippen LogP) is 0.0162. The molecule has 0 unspecified atom stereocenters. The molecule has 20 heavy (non-hydrogen) atoms. The number of nitrogens with one attached hydrogen (secondary N) is 1. The summed E-state index contributed by atoms with van der Waals surface area (Å²) in [5.74, 6) is 4.97. The lowest BCUT2D eigenvalue weighted by Gasteiger charge is -2.05. The SMILES string of the molecule is O=S(=O)(Nc1nccnn1)c1cccc(C#CCO)c1. The van der Waals surface area contributed by atoms with Crippen LogP contribution in [0.4, 0.5) is 5.95 Å². The molecule has 0 radical (unpaired) electrons. The van der Waals surface area contributed by atoms with E-state index in [1.165, 1.54) is 24.5 Å².